The molecule has 2 aromatic carbocycles. The first-order chi connectivity index (χ1) is 13.8. The number of thiophene rings is 1. The molecular formula is C20H15ClFNO4S2. The minimum absolute atomic E-state index is 0.0177. The van der Waals surface area contributed by atoms with Gasteiger partial charge in [0.15, 0.2) is 0 Å². The average molecular weight is 452 g/mol. The van der Waals surface area contributed by atoms with Gasteiger partial charge in [-0.05, 0) is 36.4 Å². The molecule has 0 unspecified atom stereocenters. The molecule has 3 aromatic rings. The number of hydrogen-bond donors (Lipinski definition) is 1. The molecule has 1 atom stereocenters. The zero-order valence-corrected chi connectivity index (χ0v) is 17.5. The Labute approximate surface area is 176 Å². The summed E-state index contributed by atoms with van der Waals surface area (Å²) in [5.74, 6) is -1.06. The lowest BCUT2D eigenvalue weighted by Gasteiger charge is -2.24. The summed E-state index contributed by atoms with van der Waals surface area (Å²) in [5, 5.41) is 4.32. The molecule has 0 saturated carbocycles. The maximum Gasteiger partial charge on any atom is 0.225 e. The highest BCUT2D eigenvalue weighted by Crippen LogP contribution is 2.47. The summed E-state index contributed by atoms with van der Waals surface area (Å²) < 4.78 is 45.9. The molecule has 0 bridgehead atoms. The third kappa shape index (κ3) is 3.41. The Hall–Kier alpha value is -2.42. The first kappa shape index (κ1) is 19.9. The summed E-state index contributed by atoms with van der Waals surface area (Å²) in [6, 6.07) is 10.3. The molecule has 150 valence electrons. The lowest BCUT2D eigenvalue weighted by molar-refractivity contribution is -0.116. The summed E-state index contributed by atoms with van der Waals surface area (Å²) in [6.45, 7) is 0. The van der Waals surface area contributed by atoms with E-state index in [2.05, 4.69) is 5.32 Å². The van der Waals surface area contributed by atoms with Gasteiger partial charge in [-0.15, -0.1) is 11.3 Å². The van der Waals surface area contributed by atoms with E-state index in [0.29, 0.717) is 10.6 Å². The van der Waals surface area contributed by atoms with Crippen molar-refractivity contribution in [3.63, 3.8) is 0 Å². The molecule has 5 nitrogen and oxygen atoms in total. The number of amides is 1. The van der Waals surface area contributed by atoms with Crippen LogP contribution in [0.25, 0.3) is 0 Å². The van der Waals surface area contributed by atoms with Gasteiger partial charge in [-0.3, -0.25) is 4.79 Å². The molecule has 4 rings (SSSR count). The fourth-order valence-corrected chi connectivity index (χ4v) is 6.55. The Morgan fingerprint density at radius 3 is 2.59 bits per heavy atom. The molecule has 29 heavy (non-hydrogen) atoms. The number of benzene rings is 2. The number of hydrogen-bond acceptors (Lipinski definition) is 5. The van der Waals surface area contributed by atoms with Crippen LogP contribution >= 0.6 is 22.9 Å². The fourth-order valence-electron chi connectivity index (χ4n) is 3.36. The van der Waals surface area contributed by atoms with E-state index in [1.54, 1.807) is 18.2 Å². The maximum atomic E-state index is 14.5. The number of carbonyl (C=O) groups excluding carboxylic acids is 1. The lowest BCUT2D eigenvalue weighted by atomic mass is 9.90. The van der Waals surface area contributed by atoms with E-state index in [9.17, 15) is 17.6 Å². The first-order valence-corrected chi connectivity index (χ1v) is 11.3. The number of ether oxygens (including phenoxy) is 1. The lowest BCUT2D eigenvalue weighted by Crippen LogP contribution is -2.24. The highest BCUT2D eigenvalue weighted by molar-refractivity contribution is 7.91. The molecule has 0 saturated heterocycles. The number of sulfone groups is 1. The van der Waals surface area contributed by atoms with Crippen LogP contribution in [0.3, 0.4) is 0 Å². The Morgan fingerprint density at radius 2 is 1.93 bits per heavy atom. The number of fused-ring (bicyclic) bond motifs is 1. The summed E-state index contributed by atoms with van der Waals surface area (Å²) in [6.07, 6.45) is -0.0177. The second-order valence-corrected chi connectivity index (χ2v) is 9.69. The molecule has 0 fully saturated rings. The van der Waals surface area contributed by atoms with Gasteiger partial charge < -0.3 is 10.1 Å². The minimum atomic E-state index is -3.90. The van der Waals surface area contributed by atoms with E-state index in [0.717, 1.165) is 11.3 Å². The highest BCUT2D eigenvalue weighted by atomic mass is 35.5. The zero-order valence-electron chi connectivity index (χ0n) is 15.1. The van der Waals surface area contributed by atoms with Crippen molar-refractivity contribution >= 4 is 44.4 Å². The van der Waals surface area contributed by atoms with Crippen LogP contribution in [0.2, 0.25) is 5.02 Å². The van der Waals surface area contributed by atoms with Crippen molar-refractivity contribution in [2.75, 3.05) is 12.4 Å². The Morgan fingerprint density at radius 1 is 1.21 bits per heavy atom. The van der Waals surface area contributed by atoms with Gasteiger partial charge in [0.1, 0.15) is 16.5 Å². The summed E-state index contributed by atoms with van der Waals surface area (Å²) in [4.78, 5) is 13.0. The molecular weight excluding hydrogens is 437 g/mol. The molecule has 9 heteroatoms. The molecule has 1 aromatic heterocycles. The second-order valence-electron chi connectivity index (χ2n) is 6.46. The fraction of sp³-hybridized carbons (Fsp3) is 0.150. The van der Waals surface area contributed by atoms with Crippen molar-refractivity contribution in [3.8, 4) is 5.75 Å². The monoisotopic (exact) mass is 451 g/mol. The third-order valence-electron chi connectivity index (χ3n) is 4.76. The number of rotatable bonds is 4. The van der Waals surface area contributed by atoms with Crippen LogP contribution in [0, 0.1) is 5.82 Å². The molecule has 0 aliphatic carbocycles. The van der Waals surface area contributed by atoms with Crippen molar-refractivity contribution in [3.05, 3.63) is 69.1 Å². The third-order valence-corrected chi connectivity index (χ3v) is 8.13. The van der Waals surface area contributed by atoms with Gasteiger partial charge in [0, 0.05) is 33.2 Å². The average Bonchev–Trinajstić information content (AvgIpc) is 3.12. The Kier molecular flexibility index (Phi) is 5.10. The minimum Gasteiger partial charge on any atom is -0.497 e. The van der Waals surface area contributed by atoms with Crippen LogP contribution in [0.1, 0.15) is 22.8 Å². The van der Waals surface area contributed by atoms with Crippen molar-refractivity contribution < 1.29 is 22.3 Å². The van der Waals surface area contributed by atoms with Crippen molar-refractivity contribution in [2.45, 2.75) is 22.1 Å². The number of halogens is 2. The summed E-state index contributed by atoms with van der Waals surface area (Å²) in [5.41, 5.74) is 0.381. The van der Waals surface area contributed by atoms with Gasteiger partial charge in [0.05, 0.1) is 17.7 Å². The predicted octanol–water partition coefficient (Wildman–Crippen LogP) is 4.86. The molecule has 1 amide bonds. The normalized spacial score (nSPS) is 16.2. The van der Waals surface area contributed by atoms with Crippen LogP contribution in [0.4, 0.5) is 10.1 Å². The molecule has 0 spiro atoms. The predicted molar refractivity (Wildman–Crippen MR) is 109 cm³/mol. The van der Waals surface area contributed by atoms with Gasteiger partial charge in [-0.2, -0.15) is 0 Å². The van der Waals surface area contributed by atoms with Gasteiger partial charge in [-0.1, -0.05) is 17.7 Å². The van der Waals surface area contributed by atoms with E-state index in [1.165, 1.54) is 36.8 Å². The van der Waals surface area contributed by atoms with E-state index < -0.39 is 27.5 Å². The highest BCUT2D eigenvalue weighted by Gasteiger charge is 2.36. The summed E-state index contributed by atoms with van der Waals surface area (Å²) in [7, 11) is -2.41. The Balaban J connectivity index is 1.84. The van der Waals surface area contributed by atoms with Gasteiger partial charge in [0.2, 0.25) is 15.7 Å². The van der Waals surface area contributed by atoms with Crippen LogP contribution in [-0.2, 0) is 14.6 Å². The SMILES string of the molecule is COc1ccc(S(=O)(=O)c2csc3c2NC(=O)C[C@H]3c2c(F)cccc2Cl)cc1. The zero-order chi connectivity index (χ0) is 20.8. The molecule has 1 aliphatic heterocycles. The topological polar surface area (TPSA) is 72.5 Å². The van der Waals surface area contributed by atoms with E-state index in [4.69, 9.17) is 16.3 Å². The standard InChI is InChI=1S/C20H15ClFNO4S2/c1-27-11-5-7-12(8-6-11)29(25,26)16-10-28-20-13(9-17(24)23-19(16)20)18-14(21)3-2-4-15(18)22/h2-8,10,13H,9H2,1H3,(H,23,24)/t13-/m0/s1. The van der Waals surface area contributed by atoms with Crippen LogP contribution in [0.15, 0.2) is 57.6 Å². The van der Waals surface area contributed by atoms with Crippen LogP contribution in [0.5, 0.6) is 5.75 Å². The van der Waals surface area contributed by atoms with Crippen molar-refractivity contribution in [1.82, 2.24) is 0 Å². The number of carbonyl (C=O) groups is 1. The van der Waals surface area contributed by atoms with E-state index >= 15 is 0 Å². The second kappa shape index (κ2) is 7.44. The van der Waals surface area contributed by atoms with E-state index in [-0.39, 0.29) is 32.5 Å². The van der Waals surface area contributed by atoms with Crippen molar-refractivity contribution in [2.24, 2.45) is 0 Å². The largest absolute Gasteiger partial charge is 0.497 e. The van der Waals surface area contributed by atoms with Gasteiger partial charge >= 0.3 is 0 Å². The van der Waals surface area contributed by atoms with Gasteiger partial charge in [0.25, 0.3) is 0 Å². The summed E-state index contributed by atoms with van der Waals surface area (Å²) >= 11 is 7.36. The molecule has 1 N–H and O–H groups in total. The van der Waals surface area contributed by atoms with Gasteiger partial charge in [-0.25, -0.2) is 12.8 Å². The first-order valence-electron chi connectivity index (χ1n) is 8.57. The van der Waals surface area contributed by atoms with Crippen LogP contribution < -0.4 is 10.1 Å². The van der Waals surface area contributed by atoms with E-state index in [1.807, 2.05) is 0 Å². The van der Waals surface area contributed by atoms with Crippen molar-refractivity contribution in [1.29, 1.82) is 0 Å². The maximum absolute atomic E-state index is 14.5. The number of methoxy groups -OCH3 is 1. The number of anilines is 1. The number of nitrogens with one attached hydrogen (secondary N) is 1. The quantitative estimate of drug-likeness (QED) is 0.615. The molecule has 2 heterocycles. The smallest absolute Gasteiger partial charge is 0.225 e. The van der Waals surface area contributed by atoms with Crippen LogP contribution in [-0.4, -0.2) is 21.4 Å². The molecule has 0 radical (unpaired) electrons. The molecule has 1 aliphatic rings. The Bertz CT molecular complexity index is 1190.